The summed E-state index contributed by atoms with van der Waals surface area (Å²) in [5.74, 6) is -2.97. The van der Waals surface area contributed by atoms with Crippen LogP contribution in [-0.2, 0) is 9.59 Å². The van der Waals surface area contributed by atoms with Gasteiger partial charge in [-0.3, -0.25) is 20.0 Å². The number of aromatic nitrogens is 2. The van der Waals surface area contributed by atoms with Crippen LogP contribution < -0.4 is 10.6 Å². The Morgan fingerprint density at radius 1 is 1.14 bits per heavy atom. The van der Waals surface area contributed by atoms with E-state index < -0.39 is 29.5 Å². The number of nitrogens with one attached hydrogen (secondary N) is 3. The van der Waals surface area contributed by atoms with Crippen LogP contribution in [-0.4, -0.2) is 44.0 Å². The predicted molar refractivity (Wildman–Crippen MR) is 158 cm³/mol. The van der Waals surface area contributed by atoms with Gasteiger partial charge in [0.2, 0.25) is 17.7 Å². The average molecular weight is 607 g/mol. The van der Waals surface area contributed by atoms with Crippen molar-refractivity contribution >= 4 is 40.4 Å². The summed E-state index contributed by atoms with van der Waals surface area (Å²) in [4.78, 5) is 36.4. The van der Waals surface area contributed by atoms with Crippen molar-refractivity contribution in [2.75, 3.05) is 11.9 Å². The molecule has 0 fully saturated rings. The molecule has 2 bridgehead atoms. The molecule has 5 rings (SSSR count). The zero-order valence-corrected chi connectivity index (χ0v) is 24.0. The second-order valence-corrected chi connectivity index (χ2v) is 10.9. The summed E-state index contributed by atoms with van der Waals surface area (Å²) in [7, 11) is 0. The van der Waals surface area contributed by atoms with Gasteiger partial charge in [-0.2, -0.15) is 0 Å². The Morgan fingerprint density at radius 3 is 2.70 bits per heavy atom. The van der Waals surface area contributed by atoms with E-state index in [2.05, 4.69) is 20.6 Å². The minimum atomic E-state index is -0.903. The fourth-order valence-electron chi connectivity index (χ4n) is 5.23. The first-order valence-electron chi connectivity index (χ1n) is 13.7. The number of rotatable bonds is 4. The third-order valence-electron chi connectivity index (χ3n) is 7.57. The smallest absolute Gasteiger partial charge is 0.247 e. The van der Waals surface area contributed by atoms with Gasteiger partial charge in [-0.1, -0.05) is 24.9 Å². The molecule has 2 aliphatic rings. The maximum atomic E-state index is 14.7. The van der Waals surface area contributed by atoms with Crippen molar-refractivity contribution in [3.05, 3.63) is 100 Å². The molecule has 12 heteroatoms. The largest absolute Gasteiger partial charge is 0.493 e. The van der Waals surface area contributed by atoms with E-state index in [9.17, 15) is 23.5 Å². The van der Waals surface area contributed by atoms with Crippen molar-refractivity contribution in [2.45, 2.75) is 38.6 Å². The number of hydrogen-bond acceptors (Lipinski definition) is 7. The number of anilines is 1. The lowest BCUT2D eigenvalue weighted by Gasteiger charge is -2.34. The first kappa shape index (κ1) is 29.8. The molecule has 2 aromatic heterocycles. The zero-order valence-electron chi connectivity index (χ0n) is 23.2. The van der Waals surface area contributed by atoms with Crippen molar-refractivity contribution in [1.82, 2.24) is 20.2 Å². The van der Waals surface area contributed by atoms with Crippen molar-refractivity contribution in [2.24, 2.45) is 5.92 Å². The first-order valence-corrected chi connectivity index (χ1v) is 14.1. The third kappa shape index (κ3) is 6.56. The fraction of sp³-hybridized carbons (Fsp3) is 0.258. The van der Waals surface area contributed by atoms with Crippen molar-refractivity contribution in [1.29, 1.82) is 5.41 Å². The summed E-state index contributed by atoms with van der Waals surface area (Å²) in [6.07, 6.45) is 7.47. The van der Waals surface area contributed by atoms with E-state index in [1.54, 1.807) is 36.2 Å². The van der Waals surface area contributed by atoms with Gasteiger partial charge in [0.1, 0.15) is 5.82 Å². The van der Waals surface area contributed by atoms with E-state index in [0.29, 0.717) is 36.2 Å². The minimum absolute atomic E-state index is 0.00774. The summed E-state index contributed by atoms with van der Waals surface area (Å²) in [6, 6.07) is 8.09. The molecule has 0 saturated heterocycles. The van der Waals surface area contributed by atoms with Crippen molar-refractivity contribution in [3.63, 3.8) is 0 Å². The van der Waals surface area contributed by atoms with Gasteiger partial charge >= 0.3 is 0 Å². The lowest BCUT2D eigenvalue weighted by atomic mass is 9.93. The standard InChI is InChI=1S/C31H29ClF2N6O3/c1-17-3-2-4-25(40-12-9-18(14-27(40)42)28-22(33)6-5-21(32)29(28)34)23-13-19(7-10-36-23)30(35)24(39-31(17)43)16-38-20-8-11-37-26(41)15-20/h5-8,10-11,13-17,25,35H,2-4,9,12H2,1H3,(H,39,43)(H2,37,38,41)/b24-16+,35-30?. The molecular formula is C31H29ClF2N6O3. The van der Waals surface area contributed by atoms with Crippen LogP contribution in [0.3, 0.4) is 0 Å². The zero-order chi connectivity index (χ0) is 30.7. The van der Waals surface area contributed by atoms with Gasteiger partial charge in [0.05, 0.1) is 33.7 Å². The summed E-state index contributed by atoms with van der Waals surface area (Å²) >= 11 is 5.88. The Balaban J connectivity index is 1.47. The van der Waals surface area contributed by atoms with Crippen LogP contribution in [0.1, 0.15) is 55.5 Å². The van der Waals surface area contributed by atoms with Gasteiger partial charge in [-0.25, -0.2) is 13.8 Å². The Kier molecular flexibility index (Phi) is 8.81. The Bertz CT molecular complexity index is 1660. The number of carbonyl (C=O) groups is 2. The molecule has 4 heterocycles. The number of aromatic hydroxyl groups is 1. The Hall–Kier alpha value is -4.64. The normalized spacial score (nSPS) is 20.7. The molecule has 43 heavy (non-hydrogen) atoms. The van der Waals surface area contributed by atoms with Gasteiger partial charge in [-0.05, 0) is 55.2 Å². The first-order chi connectivity index (χ1) is 20.6. The van der Waals surface area contributed by atoms with E-state index in [0.717, 1.165) is 12.1 Å². The van der Waals surface area contributed by atoms with Gasteiger partial charge in [-0.15, -0.1) is 0 Å². The van der Waals surface area contributed by atoms with Crippen LogP contribution in [0.5, 0.6) is 5.88 Å². The van der Waals surface area contributed by atoms with Crippen LogP contribution in [0.2, 0.25) is 5.02 Å². The summed E-state index contributed by atoms with van der Waals surface area (Å²) in [5.41, 5.74) is 1.65. The van der Waals surface area contributed by atoms with E-state index >= 15 is 0 Å². The number of amides is 2. The van der Waals surface area contributed by atoms with Crippen LogP contribution in [0.25, 0.3) is 5.57 Å². The quantitative estimate of drug-likeness (QED) is 0.281. The van der Waals surface area contributed by atoms with E-state index in [1.807, 2.05) is 0 Å². The average Bonchev–Trinajstić information content (AvgIpc) is 2.99. The number of nitrogens with zero attached hydrogens (tertiary/aromatic N) is 3. The number of hydrogen-bond donors (Lipinski definition) is 4. The fourth-order valence-corrected chi connectivity index (χ4v) is 5.38. The van der Waals surface area contributed by atoms with E-state index in [-0.39, 0.29) is 52.3 Å². The summed E-state index contributed by atoms with van der Waals surface area (Å²) < 4.78 is 29.3. The van der Waals surface area contributed by atoms with E-state index in [4.69, 9.17) is 17.0 Å². The van der Waals surface area contributed by atoms with Crippen molar-refractivity contribution < 1.29 is 23.5 Å². The van der Waals surface area contributed by atoms with Crippen LogP contribution in [0.4, 0.5) is 14.5 Å². The lowest BCUT2D eigenvalue weighted by Crippen LogP contribution is -2.38. The predicted octanol–water partition coefficient (Wildman–Crippen LogP) is 5.73. The van der Waals surface area contributed by atoms with Gasteiger partial charge in [0.15, 0.2) is 5.82 Å². The van der Waals surface area contributed by atoms with Crippen LogP contribution in [0.15, 0.2) is 66.8 Å². The second kappa shape index (κ2) is 12.7. The molecule has 0 radical (unpaired) electrons. The van der Waals surface area contributed by atoms with Crippen LogP contribution in [0, 0.1) is 23.0 Å². The Morgan fingerprint density at radius 2 is 1.93 bits per heavy atom. The molecule has 222 valence electrons. The van der Waals surface area contributed by atoms with Gasteiger partial charge < -0.3 is 20.6 Å². The highest BCUT2D eigenvalue weighted by Gasteiger charge is 2.31. The molecule has 1 aromatic carbocycles. The molecule has 2 atom stereocenters. The third-order valence-corrected chi connectivity index (χ3v) is 7.87. The number of halogens is 3. The monoisotopic (exact) mass is 606 g/mol. The highest BCUT2D eigenvalue weighted by atomic mass is 35.5. The summed E-state index contributed by atoms with van der Waals surface area (Å²) in [5, 5.41) is 24.2. The summed E-state index contributed by atoms with van der Waals surface area (Å²) in [6.45, 7) is 1.98. The molecule has 4 N–H and O–H groups in total. The molecule has 0 saturated carbocycles. The lowest BCUT2D eigenvalue weighted by molar-refractivity contribution is -0.129. The number of benzene rings is 1. The topological polar surface area (TPSA) is 131 Å². The maximum absolute atomic E-state index is 14.7. The van der Waals surface area contributed by atoms with Gasteiger partial charge in [0.25, 0.3) is 0 Å². The molecule has 2 unspecified atom stereocenters. The highest BCUT2D eigenvalue weighted by molar-refractivity contribution is 6.31. The SMILES string of the molecule is CC1CCCC(N2CCC(c3c(F)ccc(Cl)c3F)=CC2=O)c2cc(ccn2)C(=N)/C(=C\Nc2ccnc(O)c2)NC1=O. The molecular weight excluding hydrogens is 578 g/mol. The van der Waals surface area contributed by atoms with Gasteiger partial charge in [0, 0.05) is 54.4 Å². The van der Waals surface area contributed by atoms with Crippen molar-refractivity contribution in [3.8, 4) is 5.88 Å². The highest BCUT2D eigenvalue weighted by Crippen LogP contribution is 2.35. The molecule has 2 aliphatic heterocycles. The molecule has 0 spiro atoms. The Labute approximate surface area is 251 Å². The number of pyridine rings is 2. The maximum Gasteiger partial charge on any atom is 0.247 e. The number of carbonyl (C=O) groups excluding carboxylic acids is 2. The molecule has 3 aromatic rings. The molecule has 0 aliphatic carbocycles. The molecule has 9 nitrogen and oxygen atoms in total. The molecule has 2 amide bonds. The number of allylic oxidation sites excluding steroid dienone is 1. The minimum Gasteiger partial charge on any atom is -0.493 e. The number of fused-ring (bicyclic) bond motifs is 2. The van der Waals surface area contributed by atoms with Crippen LogP contribution >= 0.6 is 11.6 Å². The van der Waals surface area contributed by atoms with E-state index in [1.165, 1.54) is 24.5 Å². The second-order valence-electron chi connectivity index (χ2n) is 10.5.